The van der Waals surface area contributed by atoms with Crippen LogP contribution in [0.25, 0.3) is 0 Å². The molecule has 1 atom stereocenters. The first-order valence-corrected chi connectivity index (χ1v) is 7.77. The molecule has 0 saturated carbocycles. The second kappa shape index (κ2) is 5.72. The summed E-state index contributed by atoms with van der Waals surface area (Å²) in [6.45, 7) is 0.683. The number of benzene rings is 2. The summed E-state index contributed by atoms with van der Waals surface area (Å²) in [5, 5.41) is 0. The van der Waals surface area contributed by atoms with Crippen molar-refractivity contribution in [2.75, 3.05) is 6.54 Å². The summed E-state index contributed by atoms with van der Waals surface area (Å²) in [6, 6.07) is 19.4. The monoisotopic (exact) mass is 303 g/mol. The zero-order chi connectivity index (χ0) is 15.6. The quantitative estimate of drug-likeness (QED) is 0.790. The molecule has 3 aromatic rings. The number of aromatic amines is 1. The molecule has 23 heavy (non-hydrogen) atoms. The van der Waals surface area contributed by atoms with Gasteiger partial charge in [0.2, 0.25) is 0 Å². The molecule has 2 heterocycles. The zero-order valence-electron chi connectivity index (χ0n) is 12.6. The van der Waals surface area contributed by atoms with E-state index in [1.807, 2.05) is 53.4 Å². The van der Waals surface area contributed by atoms with Gasteiger partial charge in [-0.15, -0.1) is 0 Å². The smallest absolute Gasteiger partial charge is 0.254 e. The minimum atomic E-state index is -0.140. The Labute approximate surface area is 134 Å². The van der Waals surface area contributed by atoms with Gasteiger partial charge in [-0.3, -0.25) is 4.79 Å². The van der Waals surface area contributed by atoms with Crippen molar-refractivity contribution in [3.05, 3.63) is 89.5 Å². The molecule has 0 bridgehead atoms. The molecule has 4 nitrogen and oxygen atoms in total. The Hall–Kier alpha value is -2.88. The normalized spacial score (nSPS) is 16.9. The first kappa shape index (κ1) is 13.8. The second-order valence-electron chi connectivity index (χ2n) is 5.69. The lowest BCUT2D eigenvalue weighted by molar-refractivity contribution is 0.0690. The summed E-state index contributed by atoms with van der Waals surface area (Å²) in [7, 11) is 0. The Balaban J connectivity index is 1.78. The van der Waals surface area contributed by atoms with Crippen molar-refractivity contribution in [3.8, 4) is 0 Å². The largest absolute Gasteiger partial charge is 0.348 e. The molecule has 0 radical (unpaired) electrons. The van der Waals surface area contributed by atoms with Crippen LogP contribution in [-0.4, -0.2) is 27.3 Å². The third kappa shape index (κ3) is 2.42. The summed E-state index contributed by atoms with van der Waals surface area (Å²) >= 11 is 0. The molecule has 0 aliphatic carbocycles. The zero-order valence-corrected chi connectivity index (χ0v) is 12.6. The third-order valence-electron chi connectivity index (χ3n) is 4.32. The van der Waals surface area contributed by atoms with Crippen LogP contribution in [0, 0.1) is 0 Å². The number of nitrogens with zero attached hydrogens (tertiary/aromatic N) is 2. The van der Waals surface area contributed by atoms with E-state index in [1.54, 1.807) is 6.33 Å². The second-order valence-corrected chi connectivity index (χ2v) is 5.69. The molecule has 1 amide bonds. The number of hydrogen-bond donors (Lipinski definition) is 1. The fourth-order valence-electron chi connectivity index (χ4n) is 3.21. The number of rotatable bonds is 2. The van der Waals surface area contributed by atoms with Gasteiger partial charge in [0.15, 0.2) is 0 Å². The standard InChI is InChI=1S/C19H17N3O/c23-19(15-9-5-2-6-10-15)22-12-11-16-17(21-13-20-16)18(22)14-7-3-1-4-8-14/h1-10,13,18H,11-12H2,(H,20,21). The molecule has 1 aliphatic rings. The third-order valence-corrected chi connectivity index (χ3v) is 4.32. The van der Waals surface area contributed by atoms with Crippen LogP contribution in [0.1, 0.15) is 33.4 Å². The van der Waals surface area contributed by atoms with Crippen molar-refractivity contribution in [3.63, 3.8) is 0 Å². The Morgan fingerprint density at radius 3 is 2.48 bits per heavy atom. The number of H-pyrrole nitrogens is 1. The molecule has 1 N–H and O–H groups in total. The number of hydrogen-bond acceptors (Lipinski definition) is 2. The van der Waals surface area contributed by atoms with Crippen LogP contribution >= 0.6 is 0 Å². The van der Waals surface area contributed by atoms with Crippen LogP contribution in [0.5, 0.6) is 0 Å². The SMILES string of the molecule is O=C(c1ccccc1)N1CCc2[nH]cnc2C1c1ccccc1. The topological polar surface area (TPSA) is 49.0 Å². The van der Waals surface area contributed by atoms with Crippen LogP contribution in [0.15, 0.2) is 67.0 Å². The average molecular weight is 303 g/mol. The molecular weight excluding hydrogens is 286 g/mol. The molecule has 4 rings (SSSR count). The summed E-state index contributed by atoms with van der Waals surface area (Å²) in [4.78, 5) is 22.6. The number of imidazole rings is 1. The highest BCUT2D eigenvalue weighted by atomic mass is 16.2. The Morgan fingerprint density at radius 2 is 1.74 bits per heavy atom. The maximum atomic E-state index is 13.0. The van der Waals surface area contributed by atoms with Crippen LogP contribution < -0.4 is 0 Å². The Kier molecular flexibility index (Phi) is 3.42. The molecule has 1 unspecified atom stereocenters. The number of carbonyl (C=O) groups is 1. The maximum absolute atomic E-state index is 13.0. The minimum absolute atomic E-state index is 0.0492. The van der Waals surface area contributed by atoms with Crippen molar-refractivity contribution in [2.45, 2.75) is 12.5 Å². The Morgan fingerprint density at radius 1 is 1.04 bits per heavy atom. The highest BCUT2D eigenvalue weighted by Gasteiger charge is 2.34. The van der Waals surface area contributed by atoms with E-state index in [2.05, 4.69) is 22.1 Å². The van der Waals surface area contributed by atoms with Crippen LogP contribution in [0.2, 0.25) is 0 Å². The van der Waals surface area contributed by atoms with E-state index in [0.717, 1.165) is 23.4 Å². The van der Waals surface area contributed by atoms with Gasteiger partial charge in [0.05, 0.1) is 12.0 Å². The fraction of sp³-hybridized carbons (Fsp3) is 0.158. The molecule has 1 aromatic heterocycles. The summed E-state index contributed by atoms with van der Waals surface area (Å²) in [5.74, 6) is 0.0492. The van der Waals surface area contributed by atoms with E-state index in [4.69, 9.17) is 0 Å². The van der Waals surface area contributed by atoms with Gasteiger partial charge < -0.3 is 9.88 Å². The van der Waals surface area contributed by atoms with E-state index >= 15 is 0 Å². The van der Waals surface area contributed by atoms with Gasteiger partial charge >= 0.3 is 0 Å². The highest BCUT2D eigenvalue weighted by Crippen LogP contribution is 2.34. The lowest BCUT2D eigenvalue weighted by Crippen LogP contribution is -2.40. The lowest BCUT2D eigenvalue weighted by Gasteiger charge is -2.35. The van der Waals surface area contributed by atoms with E-state index in [0.29, 0.717) is 12.1 Å². The van der Waals surface area contributed by atoms with E-state index in [-0.39, 0.29) is 11.9 Å². The van der Waals surface area contributed by atoms with Gasteiger partial charge in [-0.2, -0.15) is 0 Å². The van der Waals surface area contributed by atoms with E-state index < -0.39 is 0 Å². The molecular formula is C19H17N3O. The molecule has 4 heteroatoms. The van der Waals surface area contributed by atoms with E-state index in [9.17, 15) is 4.79 Å². The number of carbonyl (C=O) groups excluding carboxylic acids is 1. The number of aromatic nitrogens is 2. The van der Waals surface area contributed by atoms with Crippen molar-refractivity contribution in [1.82, 2.24) is 14.9 Å². The number of nitrogens with one attached hydrogen (secondary N) is 1. The molecule has 114 valence electrons. The summed E-state index contributed by atoms with van der Waals surface area (Å²) in [6.07, 6.45) is 2.52. The van der Waals surface area contributed by atoms with Gasteiger partial charge in [0.25, 0.3) is 5.91 Å². The number of fused-ring (bicyclic) bond motifs is 1. The minimum Gasteiger partial charge on any atom is -0.348 e. The summed E-state index contributed by atoms with van der Waals surface area (Å²) < 4.78 is 0. The van der Waals surface area contributed by atoms with Crippen molar-refractivity contribution in [1.29, 1.82) is 0 Å². The van der Waals surface area contributed by atoms with Gasteiger partial charge in [-0.05, 0) is 17.7 Å². The van der Waals surface area contributed by atoms with Crippen molar-refractivity contribution < 1.29 is 4.79 Å². The number of amides is 1. The van der Waals surface area contributed by atoms with Gasteiger partial charge in [-0.1, -0.05) is 48.5 Å². The van der Waals surface area contributed by atoms with Crippen LogP contribution in [-0.2, 0) is 6.42 Å². The molecule has 2 aromatic carbocycles. The van der Waals surface area contributed by atoms with Crippen molar-refractivity contribution in [2.24, 2.45) is 0 Å². The van der Waals surface area contributed by atoms with Gasteiger partial charge in [-0.25, -0.2) is 4.98 Å². The van der Waals surface area contributed by atoms with Crippen LogP contribution in [0.4, 0.5) is 0 Å². The molecule has 0 fully saturated rings. The maximum Gasteiger partial charge on any atom is 0.254 e. The Bertz CT molecular complexity index is 811. The molecule has 0 saturated heterocycles. The van der Waals surface area contributed by atoms with Crippen LogP contribution in [0.3, 0.4) is 0 Å². The van der Waals surface area contributed by atoms with E-state index in [1.165, 1.54) is 0 Å². The predicted octanol–water partition coefficient (Wildman–Crippen LogP) is 3.20. The fourth-order valence-corrected chi connectivity index (χ4v) is 3.21. The molecule has 1 aliphatic heterocycles. The highest BCUT2D eigenvalue weighted by molar-refractivity contribution is 5.94. The predicted molar refractivity (Wildman–Crippen MR) is 88.1 cm³/mol. The average Bonchev–Trinajstić information content (AvgIpc) is 3.10. The van der Waals surface area contributed by atoms with Crippen molar-refractivity contribution >= 4 is 5.91 Å². The first-order chi connectivity index (χ1) is 11.3. The van der Waals surface area contributed by atoms with Gasteiger partial charge in [0, 0.05) is 24.2 Å². The van der Waals surface area contributed by atoms with Gasteiger partial charge in [0.1, 0.15) is 6.04 Å². The first-order valence-electron chi connectivity index (χ1n) is 7.77. The lowest BCUT2D eigenvalue weighted by atomic mass is 9.95. The molecule has 0 spiro atoms. The summed E-state index contributed by atoms with van der Waals surface area (Å²) in [5.41, 5.74) is 3.87.